The minimum Gasteiger partial charge on any atom is -0.263 e. The number of hydrogen-bond acceptors (Lipinski definition) is 3. The number of hydrogen-bond donors (Lipinski definition) is 0. The third-order valence-corrected chi connectivity index (χ3v) is 4.94. The summed E-state index contributed by atoms with van der Waals surface area (Å²) in [5, 5.41) is 0. The summed E-state index contributed by atoms with van der Waals surface area (Å²) in [4.78, 5) is 39.0. The van der Waals surface area contributed by atoms with Gasteiger partial charge in [0.15, 0.2) is 0 Å². The molecule has 3 aliphatic rings. The van der Waals surface area contributed by atoms with Gasteiger partial charge < -0.3 is 0 Å². The standard InChI is InChI=1S/C15H22N2O3/c18-13-14(19)17(12-8-4-5-9-12)15(20)16(13)10-11-6-2-1-3-7-11/h11-12H,1-10H2. The summed E-state index contributed by atoms with van der Waals surface area (Å²) < 4.78 is 0. The lowest BCUT2D eigenvalue weighted by atomic mass is 9.89. The van der Waals surface area contributed by atoms with Crippen molar-refractivity contribution in [2.75, 3.05) is 6.54 Å². The van der Waals surface area contributed by atoms with Crippen LogP contribution in [0.2, 0.25) is 0 Å². The number of imide groups is 2. The van der Waals surface area contributed by atoms with Gasteiger partial charge in [-0.05, 0) is 31.6 Å². The summed E-state index contributed by atoms with van der Waals surface area (Å²) in [6.45, 7) is 0.437. The van der Waals surface area contributed by atoms with Crippen LogP contribution in [0.25, 0.3) is 0 Å². The van der Waals surface area contributed by atoms with E-state index in [1.165, 1.54) is 29.1 Å². The molecule has 0 atom stereocenters. The Morgan fingerprint density at radius 3 is 2.05 bits per heavy atom. The monoisotopic (exact) mass is 278 g/mol. The fraction of sp³-hybridized carbons (Fsp3) is 0.800. The van der Waals surface area contributed by atoms with Gasteiger partial charge in [-0.25, -0.2) is 4.79 Å². The number of carbonyl (C=O) groups is 3. The van der Waals surface area contributed by atoms with Crippen molar-refractivity contribution in [1.29, 1.82) is 0 Å². The third kappa shape index (κ3) is 2.34. The summed E-state index contributed by atoms with van der Waals surface area (Å²) in [5.74, 6) is -0.821. The van der Waals surface area contributed by atoms with Crippen LogP contribution < -0.4 is 0 Å². The van der Waals surface area contributed by atoms with Crippen molar-refractivity contribution in [3.63, 3.8) is 0 Å². The maximum Gasteiger partial charge on any atom is 0.334 e. The van der Waals surface area contributed by atoms with Gasteiger partial charge in [0.1, 0.15) is 0 Å². The van der Waals surface area contributed by atoms with E-state index in [1.54, 1.807) is 0 Å². The Bertz CT molecular complexity index is 423. The number of carbonyl (C=O) groups excluding carboxylic acids is 3. The van der Waals surface area contributed by atoms with E-state index < -0.39 is 11.8 Å². The molecule has 0 aromatic heterocycles. The van der Waals surface area contributed by atoms with Crippen LogP contribution in [0.15, 0.2) is 0 Å². The van der Waals surface area contributed by atoms with Gasteiger partial charge in [-0.1, -0.05) is 32.1 Å². The Morgan fingerprint density at radius 1 is 0.800 bits per heavy atom. The van der Waals surface area contributed by atoms with Gasteiger partial charge in [-0.2, -0.15) is 0 Å². The quantitative estimate of drug-likeness (QED) is 0.588. The zero-order valence-corrected chi connectivity index (χ0v) is 11.8. The molecule has 3 rings (SSSR count). The summed E-state index contributed by atoms with van der Waals surface area (Å²) in [6.07, 6.45) is 9.48. The minimum absolute atomic E-state index is 0.0460. The van der Waals surface area contributed by atoms with Crippen LogP contribution >= 0.6 is 0 Å². The lowest BCUT2D eigenvalue weighted by Crippen LogP contribution is -2.41. The van der Waals surface area contributed by atoms with Crippen molar-refractivity contribution in [3.8, 4) is 0 Å². The van der Waals surface area contributed by atoms with E-state index in [0.29, 0.717) is 12.5 Å². The van der Waals surface area contributed by atoms with E-state index >= 15 is 0 Å². The van der Waals surface area contributed by atoms with Crippen LogP contribution in [0.5, 0.6) is 0 Å². The zero-order valence-electron chi connectivity index (χ0n) is 11.8. The Balaban J connectivity index is 1.70. The van der Waals surface area contributed by atoms with E-state index in [2.05, 4.69) is 0 Å². The maximum absolute atomic E-state index is 12.4. The van der Waals surface area contributed by atoms with Crippen LogP contribution in [-0.4, -0.2) is 40.2 Å². The van der Waals surface area contributed by atoms with E-state index in [1.807, 2.05) is 0 Å². The molecule has 1 aliphatic heterocycles. The van der Waals surface area contributed by atoms with Gasteiger partial charge in [0.25, 0.3) is 0 Å². The molecule has 4 amide bonds. The molecule has 0 radical (unpaired) electrons. The lowest BCUT2D eigenvalue weighted by Gasteiger charge is -2.26. The molecule has 1 heterocycles. The van der Waals surface area contributed by atoms with Crippen molar-refractivity contribution < 1.29 is 14.4 Å². The first-order valence-electron chi connectivity index (χ1n) is 7.87. The second kappa shape index (κ2) is 5.54. The molecule has 0 N–H and O–H groups in total. The SMILES string of the molecule is O=C1C(=O)N(C2CCCC2)C(=O)N1CC1CCCCC1. The maximum atomic E-state index is 12.4. The fourth-order valence-electron chi connectivity index (χ4n) is 3.80. The Kier molecular flexibility index (Phi) is 3.76. The molecular weight excluding hydrogens is 256 g/mol. The van der Waals surface area contributed by atoms with Crippen molar-refractivity contribution in [3.05, 3.63) is 0 Å². The molecule has 2 aliphatic carbocycles. The normalized spacial score (nSPS) is 26.1. The highest BCUT2D eigenvalue weighted by Crippen LogP contribution is 2.30. The summed E-state index contributed by atoms with van der Waals surface area (Å²) >= 11 is 0. The van der Waals surface area contributed by atoms with Crippen molar-refractivity contribution in [2.24, 2.45) is 5.92 Å². The van der Waals surface area contributed by atoms with Crippen molar-refractivity contribution in [1.82, 2.24) is 9.80 Å². The predicted molar refractivity (Wildman–Crippen MR) is 72.8 cm³/mol. The van der Waals surface area contributed by atoms with Crippen LogP contribution in [0.3, 0.4) is 0 Å². The number of nitrogens with zero attached hydrogens (tertiary/aromatic N) is 2. The van der Waals surface area contributed by atoms with Crippen LogP contribution in [0.4, 0.5) is 4.79 Å². The zero-order chi connectivity index (χ0) is 14.1. The first kappa shape index (κ1) is 13.6. The van der Waals surface area contributed by atoms with E-state index in [9.17, 15) is 14.4 Å². The number of rotatable bonds is 3. The molecular formula is C15H22N2O3. The molecule has 0 aromatic carbocycles. The first-order valence-corrected chi connectivity index (χ1v) is 7.87. The highest BCUT2D eigenvalue weighted by Gasteiger charge is 2.48. The Morgan fingerprint density at radius 2 is 1.40 bits per heavy atom. The van der Waals surface area contributed by atoms with Gasteiger partial charge in [0, 0.05) is 12.6 Å². The molecule has 110 valence electrons. The Labute approximate surface area is 119 Å². The highest BCUT2D eigenvalue weighted by atomic mass is 16.2. The molecule has 0 unspecified atom stereocenters. The molecule has 20 heavy (non-hydrogen) atoms. The average molecular weight is 278 g/mol. The third-order valence-electron chi connectivity index (χ3n) is 4.94. The number of urea groups is 1. The summed E-state index contributed by atoms with van der Waals surface area (Å²) in [5.41, 5.74) is 0. The van der Waals surface area contributed by atoms with Crippen molar-refractivity contribution in [2.45, 2.75) is 63.8 Å². The highest BCUT2D eigenvalue weighted by molar-refractivity contribution is 6.44. The van der Waals surface area contributed by atoms with Gasteiger partial charge in [-0.15, -0.1) is 0 Å². The van der Waals surface area contributed by atoms with Crippen molar-refractivity contribution >= 4 is 17.8 Å². The molecule has 2 saturated carbocycles. The van der Waals surface area contributed by atoms with Gasteiger partial charge in [0.05, 0.1) is 0 Å². The second-order valence-electron chi connectivity index (χ2n) is 6.32. The predicted octanol–water partition coefficient (Wildman–Crippen LogP) is 2.30. The van der Waals surface area contributed by atoms with E-state index in [4.69, 9.17) is 0 Å². The van der Waals surface area contributed by atoms with E-state index in [0.717, 1.165) is 38.5 Å². The van der Waals surface area contributed by atoms with Crippen LogP contribution in [0, 0.1) is 5.92 Å². The van der Waals surface area contributed by atoms with Gasteiger partial charge >= 0.3 is 17.8 Å². The van der Waals surface area contributed by atoms with Crippen LogP contribution in [-0.2, 0) is 9.59 Å². The topological polar surface area (TPSA) is 57.7 Å². The molecule has 0 bridgehead atoms. The summed E-state index contributed by atoms with van der Waals surface area (Å²) in [6, 6.07) is -0.409. The largest absolute Gasteiger partial charge is 0.334 e. The number of amides is 4. The molecule has 5 nitrogen and oxygen atoms in total. The van der Waals surface area contributed by atoms with Crippen LogP contribution in [0.1, 0.15) is 57.8 Å². The second-order valence-corrected chi connectivity index (χ2v) is 6.32. The molecule has 3 fully saturated rings. The molecule has 5 heteroatoms. The van der Waals surface area contributed by atoms with Gasteiger partial charge in [-0.3, -0.25) is 19.4 Å². The fourth-order valence-corrected chi connectivity index (χ4v) is 3.80. The Hall–Kier alpha value is -1.39. The molecule has 1 saturated heterocycles. The first-order chi connectivity index (χ1) is 9.68. The lowest BCUT2D eigenvalue weighted by molar-refractivity contribution is -0.144. The van der Waals surface area contributed by atoms with Gasteiger partial charge in [0.2, 0.25) is 0 Å². The molecule has 0 aromatic rings. The molecule has 0 spiro atoms. The minimum atomic E-state index is -0.604. The smallest absolute Gasteiger partial charge is 0.263 e. The average Bonchev–Trinajstić information content (AvgIpc) is 3.04. The van der Waals surface area contributed by atoms with E-state index in [-0.39, 0.29) is 12.1 Å². The summed E-state index contributed by atoms with van der Waals surface area (Å²) in [7, 11) is 0.